The molecule has 0 bridgehead atoms. The smallest absolute Gasteiger partial charge is 0.0987 e. The lowest BCUT2D eigenvalue weighted by atomic mass is 9.96. The second-order valence-electron chi connectivity index (χ2n) is 4.84. The van der Waals surface area contributed by atoms with Gasteiger partial charge in [0.15, 0.2) is 0 Å². The van der Waals surface area contributed by atoms with E-state index in [-0.39, 0.29) is 9.68 Å². The molecule has 0 unspecified atom stereocenters. The highest BCUT2D eigenvalue weighted by molar-refractivity contribution is 6.32. The number of nitrogens with zero attached hydrogens (tertiary/aromatic N) is 1. The third-order valence-electron chi connectivity index (χ3n) is 3.23. The molecular weight excluding hydrogens is 186 g/mol. The SMILES string of the molecule is CC(C)=CC[SiH2]N(C)C1CCCCC1. The predicted octanol–water partition coefficient (Wildman–Crippen LogP) is 2.72. The lowest BCUT2D eigenvalue weighted by Crippen LogP contribution is -2.35. The Labute approximate surface area is 91.5 Å². The molecule has 0 amide bonds. The van der Waals surface area contributed by atoms with Crippen LogP contribution in [0.1, 0.15) is 46.0 Å². The van der Waals surface area contributed by atoms with Crippen LogP contribution in [0.2, 0.25) is 6.04 Å². The van der Waals surface area contributed by atoms with Gasteiger partial charge in [0.1, 0.15) is 0 Å². The molecule has 1 saturated carbocycles. The summed E-state index contributed by atoms with van der Waals surface area (Å²) in [6.45, 7) is 4.41. The molecule has 1 nitrogen and oxygen atoms in total. The number of rotatable bonds is 4. The van der Waals surface area contributed by atoms with Crippen molar-refractivity contribution in [2.24, 2.45) is 0 Å². The van der Waals surface area contributed by atoms with Crippen LogP contribution in [0.3, 0.4) is 0 Å². The first-order valence-electron chi connectivity index (χ1n) is 6.04. The molecule has 0 N–H and O–H groups in total. The zero-order valence-electron chi connectivity index (χ0n) is 10.1. The minimum atomic E-state index is 0.00498. The van der Waals surface area contributed by atoms with Crippen molar-refractivity contribution in [1.29, 1.82) is 0 Å². The van der Waals surface area contributed by atoms with Crippen LogP contribution in [0.5, 0.6) is 0 Å². The molecule has 2 heteroatoms. The third-order valence-corrected chi connectivity index (χ3v) is 5.00. The molecule has 1 aliphatic rings. The Morgan fingerprint density at radius 2 is 1.93 bits per heavy atom. The van der Waals surface area contributed by atoms with E-state index in [1.807, 2.05) is 0 Å². The van der Waals surface area contributed by atoms with E-state index in [9.17, 15) is 0 Å². The summed E-state index contributed by atoms with van der Waals surface area (Å²) in [5.41, 5.74) is 1.48. The van der Waals surface area contributed by atoms with Crippen LogP contribution in [0.25, 0.3) is 0 Å². The minimum Gasteiger partial charge on any atom is -0.329 e. The highest BCUT2D eigenvalue weighted by atomic mass is 28.2. The van der Waals surface area contributed by atoms with Gasteiger partial charge in [0.25, 0.3) is 0 Å². The van der Waals surface area contributed by atoms with Crippen LogP contribution in [0.4, 0.5) is 0 Å². The van der Waals surface area contributed by atoms with Crippen LogP contribution in [0, 0.1) is 0 Å². The highest BCUT2D eigenvalue weighted by Crippen LogP contribution is 2.21. The standard InChI is InChI=1S/C12H25NSi/c1-11(2)9-10-14-13(3)12-7-5-4-6-8-12/h9,12H,4-8,10,14H2,1-3H3. The number of allylic oxidation sites excluding steroid dienone is 2. The fourth-order valence-electron chi connectivity index (χ4n) is 2.26. The molecule has 1 fully saturated rings. The molecule has 82 valence electrons. The van der Waals surface area contributed by atoms with Gasteiger partial charge in [-0.05, 0) is 39.8 Å². The zero-order chi connectivity index (χ0) is 10.4. The van der Waals surface area contributed by atoms with Gasteiger partial charge in [0.05, 0.1) is 9.68 Å². The second kappa shape index (κ2) is 6.41. The molecule has 0 aromatic carbocycles. The molecular formula is C12H25NSi. The van der Waals surface area contributed by atoms with E-state index >= 15 is 0 Å². The van der Waals surface area contributed by atoms with Gasteiger partial charge in [0, 0.05) is 6.04 Å². The summed E-state index contributed by atoms with van der Waals surface area (Å²) in [6.07, 6.45) is 9.72. The molecule has 0 aromatic heterocycles. The lowest BCUT2D eigenvalue weighted by Gasteiger charge is -2.31. The van der Waals surface area contributed by atoms with Gasteiger partial charge in [0.2, 0.25) is 0 Å². The van der Waals surface area contributed by atoms with Crippen molar-refractivity contribution in [3.8, 4) is 0 Å². The van der Waals surface area contributed by atoms with E-state index < -0.39 is 0 Å². The maximum absolute atomic E-state index is 2.69. The summed E-state index contributed by atoms with van der Waals surface area (Å²) in [4.78, 5) is 0. The van der Waals surface area contributed by atoms with Crippen molar-refractivity contribution in [2.45, 2.75) is 58.0 Å². The average molecular weight is 211 g/mol. The quantitative estimate of drug-likeness (QED) is 0.510. The molecule has 0 saturated heterocycles. The van der Waals surface area contributed by atoms with Crippen LogP contribution in [-0.2, 0) is 0 Å². The van der Waals surface area contributed by atoms with Crippen molar-refractivity contribution in [2.75, 3.05) is 7.05 Å². The number of hydrogen-bond acceptors (Lipinski definition) is 1. The highest BCUT2D eigenvalue weighted by Gasteiger charge is 2.16. The fourth-order valence-corrected chi connectivity index (χ4v) is 4.11. The lowest BCUT2D eigenvalue weighted by molar-refractivity contribution is 0.291. The van der Waals surface area contributed by atoms with Crippen LogP contribution in [-0.4, -0.2) is 27.3 Å². The average Bonchev–Trinajstić information content (AvgIpc) is 2.18. The van der Waals surface area contributed by atoms with Crippen molar-refractivity contribution in [3.05, 3.63) is 11.6 Å². The number of hydrogen-bond donors (Lipinski definition) is 0. The topological polar surface area (TPSA) is 3.24 Å². The monoisotopic (exact) mass is 211 g/mol. The molecule has 1 rings (SSSR count). The van der Waals surface area contributed by atoms with Gasteiger partial charge in [-0.1, -0.05) is 30.9 Å². The summed E-state index contributed by atoms with van der Waals surface area (Å²) in [5.74, 6) is 0. The minimum absolute atomic E-state index is 0.00498. The summed E-state index contributed by atoms with van der Waals surface area (Å²) in [5, 5.41) is 0. The van der Waals surface area contributed by atoms with Crippen LogP contribution in [0.15, 0.2) is 11.6 Å². The van der Waals surface area contributed by atoms with Gasteiger partial charge in [-0.2, -0.15) is 0 Å². The molecule has 0 atom stereocenters. The largest absolute Gasteiger partial charge is 0.329 e. The summed E-state index contributed by atoms with van der Waals surface area (Å²) < 4.78 is 2.69. The van der Waals surface area contributed by atoms with Gasteiger partial charge in [-0.25, -0.2) is 0 Å². The molecule has 0 spiro atoms. The third kappa shape index (κ3) is 4.42. The van der Waals surface area contributed by atoms with Crippen molar-refractivity contribution >= 4 is 9.68 Å². The van der Waals surface area contributed by atoms with E-state index in [4.69, 9.17) is 0 Å². The Bertz CT molecular complexity index is 179. The van der Waals surface area contributed by atoms with E-state index in [1.165, 1.54) is 43.7 Å². The Kier molecular flexibility index (Phi) is 5.49. The van der Waals surface area contributed by atoms with Crippen molar-refractivity contribution in [3.63, 3.8) is 0 Å². The second-order valence-corrected chi connectivity index (χ2v) is 6.86. The maximum atomic E-state index is 2.69. The van der Waals surface area contributed by atoms with Gasteiger partial charge in [-0.3, -0.25) is 0 Å². The van der Waals surface area contributed by atoms with Crippen LogP contribution >= 0.6 is 0 Å². The van der Waals surface area contributed by atoms with Gasteiger partial charge >= 0.3 is 0 Å². The summed E-state index contributed by atoms with van der Waals surface area (Å²) >= 11 is 0. The van der Waals surface area contributed by atoms with E-state index in [1.54, 1.807) is 0 Å². The van der Waals surface area contributed by atoms with E-state index in [0.29, 0.717) is 0 Å². The fraction of sp³-hybridized carbons (Fsp3) is 0.833. The summed E-state index contributed by atoms with van der Waals surface area (Å²) in [7, 11) is 2.35. The zero-order valence-corrected chi connectivity index (χ0v) is 11.5. The molecule has 14 heavy (non-hydrogen) atoms. The molecule has 0 aliphatic heterocycles. The van der Waals surface area contributed by atoms with Crippen LogP contribution < -0.4 is 0 Å². The Morgan fingerprint density at radius 3 is 2.50 bits per heavy atom. The van der Waals surface area contributed by atoms with Gasteiger partial charge in [-0.15, -0.1) is 0 Å². The van der Waals surface area contributed by atoms with Gasteiger partial charge < -0.3 is 4.57 Å². The normalized spacial score (nSPS) is 19.4. The first kappa shape index (κ1) is 12.0. The molecule has 0 heterocycles. The first-order valence-corrected chi connectivity index (χ1v) is 7.67. The molecule has 0 aromatic rings. The Morgan fingerprint density at radius 1 is 1.29 bits per heavy atom. The predicted molar refractivity (Wildman–Crippen MR) is 67.4 cm³/mol. The Hall–Kier alpha value is -0.0831. The molecule has 0 radical (unpaired) electrons. The van der Waals surface area contributed by atoms with Crippen molar-refractivity contribution < 1.29 is 0 Å². The first-order chi connectivity index (χ1) is 6.70. The summed E-state index contributed by atoms with van der Waals surface area (Å²) in [6, 6.07) is 2.29. The van der Waals surface area contributed by atoms with E-state index in [2.05, 4.69) is 31.5 Å². The Balaban J connectivity index is 2.19. The van der Waals surface area contributed by atoms with Crippen molar-refractivity contribution in [1.82, 2.24) is 4.57 Å². The maximum Gasteiger partial charge on any atom is 0.0987 e. The van der Waals surface area contributed by atoms with E-state index in [0.717, 1.165) is 6.04 Å². The molecule has 1 aliphatic carbocycles.